The summed E-state index contributed by atoms with van der Waals surface area (Å²) in [5, 5.41) is 3.62. The second-order valence-corrected chi connectivity index (χ2v) is 4.48. The summed E-state index contributed by atoms with van der Waals surface area (Å²) < 4.78 is 11.2. The summed E-state index contributed by atoms with van der Waals surface area (Å²) in [6, 6.07) is 0.987. The molecule has 2 saturated heterocycles. The lowest BCUT2D eigenvalue weighted by Gasteiger charge is -2.25. The third-order valence-electron chi connectivity index (χ3n) is 3.38. The molecule has 4 atom stereocenters. The molecule has 2 fully saturated rings. The lowest BCUT2D eigenvalue weighted by Crippen LogP contribution is -2.46. The molecule has 0 aromatic heterocycles. The summed E-state index contributed by atoms with van der Waals surface area (Å²) in [5.41, 5.74) is 0. The molecule has 14 heavy (non-hydrogen) atoms. The van der Waals surface area contributed by atoms with Gasteiger partial charge < -0.3 is 14.8 Å². The van der Waals surface area contributed by atoms with E-state index in [2.05, 4.69) is 19.2 Å². The highest BCUT2D eigenvalue weighted by Crippen LogP contribution is 2.19. The lowest BCUT2D eigenvalue weighted by atomic mass is 10.1. The van der Waals surface area contributed by atoms with E-state index in [1.54, 1.807) is 0 Å². The Hall–Kier alpha value is -0.120. The minimum atomic E-state index is 0.360. The fourth-order valence-corrected chi connectivity index (χ4v) is 2.39. The van der Waals surface area contributed by atoms with E-state index in [-0.39, 0.29) is 0 Å². The molecule has 0 aliphatic carbocycles. The molecule has 0 aromatic rings. The molecule has 0 aromatic carbocycles. The molecule has 2 aliphatic rings. The van der Waals surface area contributed by atoms with E-state index >= 15 is 0 Å². The minimum absolute atomic E-state index is 0.360. The van der Waals surface area contributed by atoms with Crippen molar-refractivity contribution in [1.29, 1.82) is 0 Å². The first-order valence-corrected chi connectivity index (χ1v) is 5.76. The van der Waals surface area contributed by atoms with Crippen LogP contribution in [0.1, 0.15) is 33.1 Å². The second-order valence-electron chi connectivity index (χ2n) is 4.48. The third-order valence-corrected chi connectivity index (χ3v) is 3.38. The highest BCUT2D eigenvalue weighted by atomic mass is 16.5. The number of hydrogen-bond donors (Lipinski definition) is 1. The highest BCUT2D eigenvalue weighted by molar-refractivity contribution is 4.85. The fraction of sp³-hybridized carbons (Fsp3) is 1.00. The zero-order chi connectivity index (χ0) is 9.97. The van der Waals surface area contributed by atoms with Crippen LogP contribution in [0, 0.1) is 0 Å². The van der Waals surface area contributed by atoms with Crippen LogP contribution in [0.2, 0.25) is 0 Å². The van der Waals surface area contributed by atoms with Crippen molar-refractivity contribution in [2.24, 2.45) is 0 Å². The van der Waals surface area contributed by atoms with Gasteiger partial charge in [0.05, 0.1) is 12.2 Å². The normalized spacial score (nSPS) is 40.3. The van der Waals surface area contributed by atoms with Gasteiger partial charge in [-0.1, -0.05) is 0 Å². The highest BCUT2D eigenvalue weighted by Gasteiger charge is 2.29. The van der Waals surface area contributed by atoms with Crippen molar-refractivity contribution in [2.45, 2.75) is 57.4 Å². The molecule has 0 saturated carbocycles. The van der Waals surface area contributed by atoms with Crippen LogP contribution >= 0.6 is 0 Å². The van der Waals surface area contributed by atoms with Crippen LogP contribution in [0.25, 0.3) is 0 Å². The van der Waals surface area contributed by atoms with E-state index in [9.17, 15) is 0 Å². The SMILES string of the molecule is CC(NC1CCOC1C)C1CCCO1. The summed E-state index contributed by atoms with van der Waals surface area (Å²) in [4.78, 5) is 0. The Bertz CT molecular complexity index is 180. The van der Waals surface area contributed by atoms with E-state index in [1.807, 2.05) is 0 Å². The van der Waals surface area contributed by atoms with Crippen molar-refractivity contribution >= 4 is 0 Å². The molecule has 2 rings (SSSR count). The smallest absolute Gasteiger partial charge is 0.0726 e. The first kappa shape index (κ1) is 10.4. The Kier molecular flexibility index (Phi) is 3.42. The maximum absolute atomic E-state index is 5.66. The molecule has 2 heterocycles. The van der Waals surface area contributed by atoms with Crippen LogP contribution in [0.5, 0.6) is 0 Å². The van der Waals surface area contributed by atoms with Crippen molar-refractivity contribution in [3.63, 3.8) is 0 Å². The van der Waals surface area contributed by atoms with Crippen molar-refractivity contribution in [2.75, 3.05) is 13.2 Å². The van der Waals surface area contributed by atoms with Gasteiger partial charge in [-0.2, -0.15) is 0 Å². The van der Waals surface area contributed by atoms with Crippen molar-refractivity contribution < 1.29 is 9.47 Å². The van der Waals surface area contributed by atoms with E-state index in [0.29, 0.717) is 24.3 Å². The van der Waals surface area contributed by atoms with Crippen LogP contribution in [0.15, 0.2) is 0 Å². The third kappa shape index (κ3) is 2.27. The topological polar surface area (TPSA) is 30.5 Å². The molecule has 82 valence electrons. The Morgan fingerprint density at radius 3 is 2.64 bits per heavy atom. The first-order valence-electron chi connectivity index (χ1n) is 5.76. The van der Waals surface area contributed by atoms with Gasteiger partial charge in [0.25, 0.3) is 0 Å². The number of rotatable bonds is 3. The summed E-state index contributed by atoms with van der Waals surface area (Å²) in [6.45, 7) is 6.21. The molecule has 2 aliphatic heterocycles. The molecule has 4 unspecified atom stereocenters. The van der Waals surface area contributed by atoms with Crippen LogP contribution in [-0.2, 0) is 9.47 Å². The van der Waals surface area contributed by atoms with Gasteiger partial charge in [-0.15, -0.1) is 0 Å². The van der Waals surface area contributed by atoms with Gasteiger partial charge in [0.15, 0.2) is 0 Å². The Morgan fingerprint density at radius 1 is 1.21 bits per heavy atom. The van der Waals surface area contributed by atoms with E-state index in [4.69, 9.17) is 9.47 Å². The monoisotopic (exact) mass is 199 g/mol. The molecular weight excluding hydrogens is 178 g/mol. The quantitative estimate of drug-likeness (QED) is 0.743. The maximum atomic E-state index is 5.66. The number of hydrogen-bond acceptors (Lipinski definition) is 3. The molecular formula is C11H21NO2. The lowest BCUT2D eigenvalue weighted by molar-refractivity contribution is 0.0692. The Balaban J connectivity index is 1.78. The second kappa shape index (κ2) is 4.60. The molecule has 3 heteroatoms. The van der Waals surface area contributed by atoms with Gasteiger partial charge in [-0.3, -0.25) is 0 Å². The largest absolute Gasteiger partial charge is 0.377 e. The molecule has 0 spiro atoms. The summed E-state index contributed by atoms with van der Waals surface area (Å²) in [6.07, 6.45) is 4.34. The van der Waals surface area contributed by atoms with Crippen molar-refractivity contribution in [3.05, 3.63) is 0 Å². The molecule has 3 nitrogen and oxygen atoms in total. The van der Waals surface area contributed by atoms with Gasteiger partial charge in [-0.25, -0.2) is 0 Å². The summed E-state index contributed by atoms with van der Waals surface area (Å²) >= 11 is 0. The molecule has 0 radical (unpaired) electrons. The van der Waals surface area contributed by atoms with Crippen LogP contribution in [-0.4, -0.2) is 37.5 Å². The Labute approximate surface area is 86.2 Å². The number of nitrogens with one attached hydrogen (secondary N) is 1. The van der Waals surface area contributed by atoms with Gasteiger partial charge in [0, 0.05) is 25.3 Å². The zero-order valence-corrected chi connectivity index (χ0v) is 9.16. The van der Waals surface area contributed by atoms with E-state index in [0.717, 1.165) is 19.6 Å². The first-order chi connectivity index (χ1) is 6.77. The molecule has 0 amide bonds. The fourth-order valence-electron chi connectivity index (χ4n) is 2.39. The van der Waals surface area contributed by atoms with E-state index < -0.39 is 0 Å². The minimum Gasteiger partial charge on any atom is -0.377 e. The summed E-state index contributed by atoms with van der Waals surface area (Å²) in [5.74, 6) is 0. The van der Waals surface area contributed by atoms with E-state index in [1.165, 1.54) is 12.8 Å². The maximum Gasteiger partial charge on any atom is 0.0726 e. The average molecular weight is 199 g/mol. The van der Waals surface area contributed by atoms with Gasteiger partial charge >= 0.3 is 0 Å². The van der Waals surface area contributed by atoms with Crippen LogP contribution < -0.4 is 5.32 Å². The van der Waals surface area contributed by atoms with Crippen LogP contribution in [0.4, 0.5) is 0 Å². The Morgan fingerprint density at radius 2 is 2.07 bits per heavy atom. The van der Waals surface area contributed by atoms with Crippen LogP contribution in [0.3, 0.4) is 0 Å². The molecule has 0 bridgehead atoms. The predicted octanol–water partition coefficient (Wildman–Crippen LogP) is 1.32. The van der Waals surface area contributed by atoms with Gasteiger partial charge in [-0.05, 0) is 33.1 Å². The summed E-state index contributed by atoms with van der Waals surface area (Å²) in [7, 11) is 0. The number of ether oxygens (including phenoxy) is 2. The standard InChI is InChI=1S/C11H21NO2/c1-8(11-4-3-6-14-11)12-10-5-7-13-9(10)2/h8-12H,3-7H2,1-2H3. The van der Waals surface area contributed by atoms with Crippen molar-refractivity contribution in [3.8, 4) is 0 Å². The zero-order valence-electron chi connectivity index (χ0n) is 9.16. The average Bonchev–Trinajstić information content (AvgIpc) is 2.77. The predicted molar refractivity (Wildman–Crippen MR) is 55.4 cm³/mol. The van der Waals surface area contributed by atoms with Crippen molar-refractivity contribution in [1.82, 2.24) is 5.32 Å². The van der Waals surface area contributed by atoms with Gasteiger partial charge in [0.2, 0.25) is 0 Å². The molecule has 1 N–H and O–H groups in total. The van der Waals surface area contributed by atoms with Gasteiger partial charge in [0.1, 0.15) is 0 Å².